The molecule has 1 spiro atoms. The Morgan fingerprint density at radius 1 is 1.38 bits per heavy atom. The molecule has 0 aromatic carbocycles. The number of aliphatic hydroxyl groups excluding tert-OH is 1. The maximum Gasteiger partial charge on any atom is 0.0653 e. The SMILES string of the molecule is OCC1=CCC2=CC=C3C=CC12C3. The predicted molar refractivity (Wildman–Crippen MR) is 52.1 cm³/mol. The highest BCUT2D eigenvalue weighted by molar-refractivity contribution is 5.55. The Balaban J connectivity index is 2.16. The zero-order valence-corrected chi connectivity index (χ0v) is 7.46. The molecule has 1 atom stereocenters. The normalized spacial score (nSPS) is 34.1. The van der Waals surface area contributed by atoms with Crippen LogP contribution in [-0.2, 0) is 0 Å². The van der Waals surface area contributed by atoms with Crippen molar-refractivity contribution in [3.63, 3.8) is 0 Å². The zero-order valence-electron chi connectivity index (χ0n) is 7.46. The fourth-order valence-corrected chi connectivity index (χ4v) is 2.68. The molecule has 0 saturated heterocycles. The second-order valence-corrected chi connectivity index (χ2v) is 4.01. The third-order valence-corrected chi connectivity index (χ3v) is 3.45. The van der Waals surface area contributed by atoms with Gasteiger partial charge < -0.3 is 5.11 Å². The summed E-state index contributed by atoms with van der Waals surface area (Å²) in [7, 11) is 0. The minimum absolute atomic E-state index is 0.0961. The number of hydrogen-bond acceptors (Lipinski definition) is 1. The second kappa shape index (κ2) is 2.24. The van der Waals surface area contributed by atoms with Crippen molar-refractivity contribution in [2.75, 3.05) is 6.61 Å². The molecule has 3 rings (SSSR count). The molecule has 0 heterocycles. The summed E-state index contributed by atoms with van der Waals surface area (Å²) in [6, 6.07) is 0. The Bertz CT molecular complexity index is 382. The van der Waals surface area contributed by atoms with Crippen LogP contribution in [0, 0.1) is 5.41 Å². The Kier molecular flexibility index (Phi) is 1.26. The summed E-state index contributed by atoms with van der Waals surface area (Å²) in [5, 5.41) is 9.27. The van der Waals surface area contributed by atoms with Crippen LogP contribution in [-0.4, -0.2) is 11.7 Å². The number of rotatable bonds is 1. The maximum absolute atomic E-state index is 9.27. The van der Waals surface area contributed by atoms with Crippen LogP contribution in [0.1, 0.15) is 12.8 Å². The number of aliphatic hydroxyl groups is 1. The van der Waals surface area contributed by atoms with E-state index in [2.05, 4.69) is 30.4 Å². The van der Waals surface area contributed by atoms with Gasteiger partial charge in [-0.05, 0) is 24.0 Å². The van der Waals surface area contributed by atoms with Crippen LogP contribution in [0.25, 0.3) is 0 Å². The van der Waals surface area contributed by atoms with Crippen molar-refractivity contribution in [1.82, 2.24) is 0 Å². The first-order valence-corrected chi connectivity index (χ1v) is 4.75. The van der Waals surface area contributed by atoms with Crippen molar-refractivity contribution in [1.29, 1.82) is 0 Å². The Morgan fingerprint density at radius 2 is 2.31 bits per heavy atom. The average Bonchev–Trinajstić information content (AvgIpc) is 2.69. The molecule has 3 aliphatic rings. The van der Waals surface area contributed by atoms with E-state index >= 15 is 0 Å². The smallest absolute Gasteiger partial charge is 0.0653 e. The molecule has 1 heteroatoms. The highest BCUT2D eigenvalue weighted by atomic mass is 16.3. The molecule has 0 saturated carbocycles. The van der Waals surface area contributed by atoms with E-state index in [0.29, 0.717) is 0 Å². The largest absolute Gasteiger partial charge is 0.392 e. The minimum atomic E-state index is 0.0961. The Morgan fingerprint density at radius 3 is 3.15 bits per heavy atom. The molecule has 3 aliphatic carbocycles. The summed E-state index contributed by atoms with van der Waals surface area (Å²) in [4.78, 5) is 0. The fraction of sp³-hybridized carbons (Fsp3) is 0.333. The van der Waals surface area contributed by atoms with E-state index in [-0.39, 0.29) is 12.0 Å². The fourth-order valence-electron chi connectivity index (χ4n) is 2.68. The molecule has 1 N–H and O–H groups in total. The molecule has 13 heavy (non-hydrogen) atoms. The first-order valence-electron chi connectivity index (χ1n) is 4.75. The second-order valence-electron chi connectivity index (χ2n) is 4.01. The van der Waals surface area contributed by atoms with Gasteiger partial charge in [0.2, 0.25) is 0 Å². The summed E-state index contributed by atoms with van der Waals surface area (Å²) >= 11 is 0. The van der Waals surface area contributed by atoms with E-state index in [1.54, 1.807) is 0 Å². The molecule has 0 aromatic rings. The molecule has 2 bridgehead atoms. The van der Waals surface area contributed by atoms with Crippen LogP contribution in [0.3, 0.4) is 0 Å². The lowest BCUT2D eigenvalue weighted by atomic mass is 9.75. The summed E-state index contributed by atoms with van der Waals surface area (Å²) in [6.45, 7) is 0.203. The van der Waals surface area contributed by atoms with Gasteiger partial charge in [0, 0.05) is 5.41 Å². The first-order chi connectivity index (χ1) is 6.35. The van der Waals surface area contributed by atoms with Crippen LogP contribution < -0.4 is 0 Å². The van der Waals surface area contributed by atoms with Gasteiger partial charge in [-0.3, -0.25) is 0 Å². The van der Waals surface area contributed by atoms with Crippen molar-refractivity contribution in [2.45, 2.75) is 12.8 Å². The van der Waals surface area contributed by atoms with Crippen molar-refractivity contribution < 1.29 is 5.11 Å². The molecule has 1 unspecified atom stereocenters. The number of hydrogen-bond donors (Lipinski definition) is 1. The maximum atomic E-state index is 9.27. The van der Waals surface area contributed by atoms with E-state index in [9.17, 15) is 5.11 Å². The Labute approximate surface area is 77.8 Å². The van der Waals surface area contributed by atoms with Crippen LogP contribution in [0.15, 0.2) is 47.1 Å². The van der Waals surface area contributed by atoms with E-state index in [0.717, 1.165) is 12.8 Å². The van der Waals surface area contributed by atoms with Gasteiger partial charge >= 0.3 is 0 Å². The van der Waals surface area contributed by atoms with Crippen LogP contribution >= 0.6 is 0 Å². The quantitative estimate of drug-likeness (QED) is 0.601. The van der Waals surface area contributed by atoms with Gasteiger partial charge in [-0.1, -0.05) is 36.0 Å². The van der Waals surface area contributed by atoms with Gasteiger partial charge in [0.05, 0.1) is 6.61 Å². The molecule has 0 radical (unpaired) electrons. The van der Waals surface area contributed by atoms with Gasteiger partial charge in [0.1, 0.15) is 0 Å². The molecule has 66 valence electrons. The van der Waals surface area contributed by atoms with Crippen LogP contribution in [0.4, 0.5) is 0 Å². The molecular formula is C12H12O. The van der Waals surface area contributed by atoms with Gasteiger partial charge in [0.15, 0.2) is 0 Å². The zero-order chi connectivity index (χ0) is 8.89. The highest BCUT2D eigenvalue weighted by Gasteiger charge is 2.42. The summed E-state index contributed by atoms with van der Waals surface area (Å²) < 4.78 is 0. The van der Waals surface area contributed by atoms with E-state index in [4.69, 9.17) is 0 Å². The lowest BCUT2D eigenvalue weighted by Gasteiger charge is -2.29. The van der Waals surface area contributed by atoms with E-state index in [1.165, 1.54) is 16.7 Å². The summed E-state index contributed by atoms with van der Waals surface area (Å²) in [6.07, 6.45) is 13.1. The molecular weight excluding hydrogens is 160 g/mol. The van der Waals surface area contributed by atoms with Crippen molar-refractivity contribution in [3.05, 3.63) is 47.1 Å². The Hall–Kier alpha value is -1.08. The van der Waals surface area contributed by atoms with Gasteiger partial charge in [-0.25, -0.2) is 0 Å². The summed E-state index contributed by atoms with van der Waals surface area (Å²) in [5.74, 6) is 0. The average molecular weight is 172 g/mol. The van der Waals surface area contributed by atoms with E-state index in [1.807, 2.05) is 0 Å². The van der Waals surface area contributed by atoms with Crippen LogP contribution in [0.5, 0.6) is 0 Å². The van der Waals surface area contributed by atoms with Crippen molar-refractivity contribution in [2.24, 2.45) is 5.41 Å². The lowest BCUT2D eigenvalue weighted by Crippen LogP contribution is -2.20. The van der Waals surface area contributed by atoms with Gasteiger partial charge in [-0.15, -0.1) is 0 Å². The third kappa shape index (κ3) is 0.755. The monoisotopic (exact) mass is 172 g/mol. The molecule has 0 aromatic heterocycles. The molecule has 0 amide bonds. The van der Waals surface area contributed by atoms with Gasteiger partial charge in [-0.2, -0.15) is 0 Å². The van der Waals surface area contributed by atoms with E-state index < -0.39 is 0 Å². The predicted octanol–water partition coefficient (Wildman–Crippen LogP) is 2.12. The molecule has 0 aliphatic heterocycles. The topological polar surface area (TPSA) is 20.2 Å². The van der Waals surface area contributed by atoms with Crippen LogP contribution in [0.2, 0.25) is 0 Å². The highest BCUT2D eigenvalue weighted by Crippen LogP contribution is 2.54. The molecule has 1 nitrogen and oxygen atoms in total. The number of allylic oxidation sites excluding steroid dienone is 7. The van der Waals surface area contributed by atoms with Crippen molar-refractivity contribution >= 4 is 0 Å². The molecule has 0 fully saturated rings. The van der Waals surface area contributed by atoms with Crippen molar-refractivity contribution in [3.8, 4) is 0 Å². The standard InChI is InChI=1S/C12H12O/c13-8-11-4-3-10-2-1-9-5-6-12(10,11)7-9/h1-2,4-6,13H,3,7-8H2. The minimum Gasteiger partial charge on any atom is -0.392 e. The summed E-state index contributed by atoms with van der Waals surface area (Å²) in [5.41, 5.74) is 4.14. The van der Waals surface area contributed by atoms with Gasteiger partial charge in [0.25, 0.3) is 0 Å². The first kappa shape index (κ1) is 7.34. The third-order valence-electron chi connectivity index (χ3n) is 3.45. The lowest BCUT2D eigenvalue weighted by molar-refractivity contribution is 0.308. The number of fused-ring (bicyclic) bond motifs is 1.